The Hall–Kier alpha value is -2.21. The van der Waals surface area contributed by atoms with E-state index in [1.54, 1.807) is 4.57 Å². The molecule has 4 saturated carbocycles. The summed E-state index contributed by atoms with van der Waals surface area (Å²) < 4.78 is 2.14. The average molecular weight is 408 g/mol. The number of nitrogens with one attached hydrogen (secondary N) is 1. The Morgan fingerprint density at radius 1 is 1.17 bits per heavy atom. The van der Waals surface area contributed by atoms with Crippen LogP contribution >= 0.6 is 11.3 Å². The Labute approximate surface area is 173 Å². The maximum atomic E-state index is 12.8. The maximum Gasteiger partial charge on any atom is 0.270 e. The summed E-state index contributed by atoms with van der Waals surface area (Å²) in [6, 6.07) is 7.87. The number of aromatic nitrogens is 1. The van der Waals surface area contributed by atoms with Crippen molar-refractivity contribution in [1.82, 2.24) is 9.88 Å². The van der Waals surface area contributed by atoms with Gasteiger partial charge in [-0.25, -0.2) is 4.99 Å². The lowest BCUT2D eigenvalue weighted by molar-refractivity contribution is -0.117. The highest BCUT2D eigenvalue weighted by Crippen LogP contribution is 2.59. The molecule has 4 aliphatic carbocycles. The average Bonchev–Trinajstić information content (AvgIpc) is 2.98. The van der Waals surface area contributed by atoms with E-state index in [9.17, 15) is 9.59 Å². The molecule has 1 aromatic heterocycles. The molecule has 1 aliphatic heterocycles. The monoisotopic (exact) mass is 407 g/mol. The van der Waals surface area contributed by atoms with Gasteiger partial charge in [-0.15, -0.1) is 0 Å². The van der Waals surface area contributed by atoms with Crippen LogP contribution < -0.4 is 20.2 Å². The Balaban J connectivity index is 1.23. The lowest BCUT2D eigenvalue weighted by Gasteiger charge is -2.56. The maximum absolute atomic E-state index is 12.8. The molecule has 6 heteroatoms. The van der Waals surface area contributed by atoms with Crippen molar-refractivity contribution in [2.75, 3.05) is 6.54 Å². The first kappa shape index (κ1) is 17.6. The number of hydrogen-bond acceptors (Lipinski definition) is 4. The van der Waals surface area contributed by atoms with Gasteiger partial charge in [-0.1, -0.05) is 29.5 Å². The van der Waals surface area contributed by atoms with E-state index in [2.05, 4.69) is 10.3 Å². The van der Waals surface area contributed by atoms with Crippen LogP contribution in [0.15, 0.2) is 34.1 Å². The van der Waals surface area contributed by atoms with Crippen LogP contribution in [0.25, 0.3) is 6.08 Å². The highest BCUT2D eigenvalue weighted by Gasteiger charge is 2.50. The van der Waals surface area contributed by atoms with E-state index in [0.717, 1.165) is 35.5 Å². The Morgan fingerprint density at radius 3 is 2.59 bits per heavy atom. The van der Waals surface area contributed by atoms with Crippen molar-refractivity contribution >= 4 is 29.0 Å². The zero-order chi connectivity index (χ0) is 19.6. The number of carbonyl (C=O) groups excluding carboxylic acids is 1. The van der Waals surface area contributed by atoms with Gasteiger partial charge in [0.1, 0.15) is 4.53 Å². The number of para-hydroxylation sites is 1. The lowest BCUT2D eigenvalue weighted by Crippen LogP contribution is -2.51. The molecule has 29 heavy (non-hydrogen) atoms. The Bertz CT molecular complexity index is 1140. The van der Waals surface area contributed by atoms with Gasteiger partial charge in [0.05, 0.1) is 12.2 Å². The molecule has 1 aromatic carbocycles. The quantitative estimate of drug-likeness (QED) is 0.724. The van der Waals surface area contributed by atoms with Crippen molar-refractivity contribution in [2.24, 2.45) is 28.2 Å². The van der Waals surface area contributed by atoms with Crippen LogP contribution in [0.5, 0.6) is 0 Å². The molecule has 4 bridgehead atoms. The molecule has 0 radical (unpaired) electrons. The van der Waals surface area contributed by atoms with E-state index < -0.39 is 0 Å². The third-order valence-corrected chi connectivity index (χ3v) is 8.50. The van der Waals surface area contributed by atoms with Crippen LogP contribution in [0.3, 0.4) is 0 Å². The van der Waals surface area contributed by atoms with E-state index in [4.69, 9.17) is 0 Å². The van der Waals surface area contributed by atoms with Crippen LogP contribution in [0.2, 0.25) is 0 Å². The standard InChI is InChI=1S/C23H25N3O2S/c27-20(24-13-23-9-14-5-15(10-23)7-16(6-14)11-23)8-19-21(28)26-12-17-3-1-2-4-18(17)25-22(26)29-19/h1-4,8,14-16H,5-7,9-13H2,(H,24,27). The molecule has 1 N–H and O–H groups in total. The molecular formula is C23H25N3O2S. The van der Waals surface area contributed by atoms with Crippen LogP contribution in [0, 0.1) is 23.2 Å². The minimum atomic E-state index is -0.144. The Morgan fingerprint density at radius 2 is 1.86 bits per heavy atom. The van der Waals surface area contributed by atoms with E-state index >= 15 is 0 Å². The molecule has 0 saturated heterocycles. The predicted octanol–water partition coefficient (Wildman–Crippen LogP) is 2.34. The fourth-order valence-electron chi connectivity index (χ4n) is 6.71. The second-order valence-electron chi connectivity index (χ2n) is 9.66. The van der Waals surface area contributed by atoms with Crippen molar-refractivity contribution in [2.45, 2.75) is 45.1 Å². The van der Waals surface area contributed by atoms with Gasteiger partial charge in [-0.2, -0.15) is 0 Å². The second kappa shape index (κ2) is 6.39. The molecule has 4 fully saturated rings. The minimum Gasteiger partial charge on any atom is -0.352 e. The van der Waals surface area contributed by atoms with Crippen molar-refractivity contribution in [3.63, 3.8) is 0 Å². The van der Waals surface area contributed by atoms with E-state index in [1.165, 1.54) is 55.9 Å². The first-order valence-corrected chi connectivity index (χ1v) is 11.5. The van der Waals surface area contributed by atoms with Gasteiger partial charge >= 0.3 is 0 Å². The normalized spacial score (nSPS) is 31.9. The number of hydrogen-bond donors (Lipinski definition) is 1. The number of fused-ring (bicyclic) bond motifs is 2. The van der Waals surface area contributed by atoms with Gasteiger partial charge in [0.25, 0.3) is 5.56 Å². The van der Waals surface area contributed by atoms with Crippen molar-refractivity contribution in [1.29, 1.82) is 0 Å². The summed E-state index contributed by atoms with van der Waals surface area (Å²) in [7, 11) is 0. The molecular weight excluding hydrogens is 382 g/mol. The second-order valence-corrected chi connectivity index (χ2v) is 10.7. The molecule has 0 spiro atoms. The fourth-order valence-corrected chi connectivity index (χ4v) is 7.67. The van der Waals surface area contributed by atoms with Crippen LogP contribution in [0.1, 0.15) is 44.1 Å². The molecule has 0 unspecified atom stereocenters. The summed E-state index contributed by atoms with van der Waals surface area (Å²) in [6.45, 7) is 1.28. The number of amides is 1. The number of benzene rings is 1. The van der Waals surface area contributed by atoms with Crippen LogP contribution in [0.4, 0.5) is 5.69 Å². The molecule has 2 heterocycles. The van der Waals surface area contributed by atoms with Gasteiger partial charge in [0.15, 0.2) is 4.80 Å². The first-order valence-electron chi connectivity index (χ1n) is 10.7. The van der Waals surface area contributed by atoms with E-state index in [-0.39, 0.29) is 11.5 Å². The summed E-state index contributed by atoms with van der Waals surface area (Å²) in [6.07, 6.45) is 9.51. The third-order valence-electron chi connectivity index (χ3n) is 7.49. The number of carbonyl (C=O) groups is 1. The zero-order valence-electron chi connectivity index (χ0n) is 16.4. The fraction of sp³-hybridized carbons (Fsp3) is 0.522. The molecule has 5 nitrogen and oxygen atoms in total. The summed E-state index contributed by atoms with van der Waals surface area (Å²) in [4.78, 5) is 30.7. The Kier molecular flexibility index (Phi) is 3.89. The number of nitrogens with zero attached hydrogens (tertiary/aromatic N) is 2. The van der Waals surface area contributed by atoms with Crippen molar-refractivity contribution in [3.05, 3.63) is 49.5 Å². The highest BCUT2D eigenvalue weighted by molar-refractivity contribution is 7.07. The summed E-state index contributed by atoms with van der Waals surface area (Å²) >= 11 is 1.31. The topological polar surface area (TPSA) is 63.5 Å². The van der Waals surface area contributed by atoms with E-state index in [1.807, 2.05) is 24.3 Å². The molecule has 0 atom stereocenters. The van der Waals surface area contributed by atoms with Crippen molar-refractivity contribution in [3.8, 4) is 0 Å². The van der Waals surface area contributed by atoms with Gasteiger partial charge < -0.3 is 5.32 Å². The number of thiazole rings is 1. The van der Waals surface area contributed by atoms with Gasteiger partial charge in [0.2, 0.25) is 5.91 Å². The van der Waals surface area contributed by atoms with Gasteiger partial charge in [0, 0.05) is 12.6 Å². The van der Waals surface area contributed by atoms with Gasteiger partial charge in [-0.05, 0) is 73.3 Å². The predicted molar refractivity (Wildman–Crippen MR) is 113 cm³/mol. The summed E-state index contributed by atoms with van der Waals surface area (Å²) in [5, 5.41) is 3.15. The van der Waals surface area contributed by atoms with Crippen LogP contribution in [-0.2, 0) is 11.3 Å². The molecule has 7 rings (SSSR count). The molecule has 150 valence electrons. The smallest absolute Gasteiger partial charge is 0.270 e. The molecule has 5 aliphatic rings. The first-order chi connectivity index (χ1) is 14.1. The molecule has 2 aromatic rings. The lowest BCUT2D eigenvalue weighted by atomic mass is 9.49. The number of rotatable bonds is 3. The van der Waals surface area contributed by atoms with Crippen molar-refractivity contribution < 1.29 is 4.79 Å². The molecule has 1 amide bonds. The summed E-state index contributed by atoms with van der Waals surface area (Å²) in [5.74, 6) is 2.48. The largest absolute Gasteiger partial charge is 0.352 e. The minimum absolute atomic E-state index is 0.117. The third kappa shape index (κ3) is 3.00. The summed E-state index contributed by atoms with van der Waals surface area (Å²) in [5.41, 5.74) is 2.14. The SMILES string of the molecule is O=C(C=c1sc2n(c1=O)Cc1ccccc1N=2)NCC12CC3CC(CC(C3)C1)C2. The highest BCUT2D eigenvalue weighted by atomic mass is 32.1. The van der Waals surface area contributed by atoms with Gasteiger partial charge in [-0.3, -0.25) is 14.2 Å². The van der Waals surface area contributed by atoms with Crippen LogP contribution in [-0.4, -0.2) is 17.0 Å². The zero-order valence-corrected chi connectivity index (χ0v) is 17.2. The van der Waals surface area contributed by atoms with E-state index in [0.29, 0.717) is 21.3 Å².